The molecule has 0 aliphatic rings. The molecule has 160 valence electrons. The normalized spacial score (nSPS) is 11.4. The Morgan fingerprint density at radius 2 is 1.35 bits per heavy atom. The predicted molar refractivity (Wildman–Crippen MR) is 117 cm³/mol. The summed E-state index contributed by atoms with van der Waals surface area (Å²) in [5.41, 5.74) is 2.75. The minimum Gasteiger partial charge on any atom is -0.485 e. The Labute approximate surface area is 181 Å². The van der Waals surface area contributed by atoms with Gasteiger partial charge in [-0.05, 0) is 28.8 Å². The van der Waals surface area contributed by atoms with Crippen LogP contribution in [-0.4, -0.2) is 23.0 Å². The van der Waals surface area contributed by atoms with E-state index in [-0.39, 0.29) is 6.42 Å². The molecule has 0 aliphatic heterocycles. The minimum absolute atomic E-state index is 0.134. The summed E-state index contributed by atoms with van der Waals surface area (Å²) < 4.78 is 12.0. The van der Waals surface area contributed by atoms with Crippen LogP contribution in [0.5, 0.6) is 11.5 Å². The van der Waals surface area contributed by atoms with Gasteiger partial charge in [-0.1, -0.05) is 66.7 Å². The molecule has 0 aliphatic carbocycles. The first-order valence-corrected chi connectivity index (χ1v) is 9.97. The molecule has 0 bridgehead atoms. The molecule has 0 fully saturated rings. The van der Waals surface area contributed by atoms with Crippen LogP contribution in [0.3, 0.4) is 0 Å². The summed E-state index contributed by atoms with van der Waals surface area (Å²) in [6.45, 7) is 2.02. The average molecular weight is 419 g/mol. The molecule has 1 atom stereocenters. The van der Waals surface area contributed by atoms with Crippen molar-refractivity contribution in [2.45, 2.75) is 32.6 Å². The zero-order valence-electron chi connectivity index (χ0n) is 17.3. The number of benzene rings is 3. The van der Waals surface area contributed by atoms with E-state index in [1.807, 2.05) is 60.7 Å². The van der Waals surface area contributed by atoms with Crippen LogP contribution in [0.4, 0.5) is 0 Å². The van der Waals surface area contributed by atoms with Gasteiger partial charge in [0.15, 0.2) is 11.5 Å². The SMILES string of the molecule is CC(=O)N[C@@H](Cc1ccc(OCc2ccccc2)c(OCc2ccccc2)c1)C(=O)O. The van der Waals surface area contributed by atoms with Crippen LogP contribution in [-0.2, 0) is 29.2 Å². The van der Waals surface area contributed by atoms with E-state index in [2.05, 4.69) is 5.32 Å². The summed E-state index contributed by atoms with van der Waals surface area (Å²) >= 11 is 0. The summed E-state index contributed by atoms with van der Waals surface area (Å²) in [6, 6.07) is 23.8. The minimum atomic E-state index is -1.09. The Morgan fingerprint density at radius 1 is 0.806 bits per heavy atom. The first kappa shape index (κ1) is 21.9. The highest BCUT2D eigenvalue weighted by molar-refractivity contribution is 5.82. The third kappa shape index (κ3) is 6.89. The number of carboxylic acid groups (broad SMARTS) is 1. The highest BCUT2D eigenvalue weighted by atomic mass is 16.5. The number of carbonyl (C=O) groups excluding carboxylic acids is 1. The van der Waals surface area contributed by atoms with Crippen LogP contribution < -0.4 is 14.8 Å². The van der Waals surface area contributed by atoms with Crippen molar-refractivity contribution in [2.24, 2.45) is 0 Å². The maximum absolute atomic E-state index is 11.5. The Morgan fingerprint density at radius 3 is 1.87 bits per heavy atom. The summed E-state index contributed by atoms with van der Waals surface area (Å²) in [6.07, 6.45) is 0.134. The first-order chi connectivity index (χ1) is 15.0. The van der Waals surface area contributed by atoms with Gasteiger partial charge in [0, 0.05) is 13.3 Å². The summed E-state index contributed by atoms with van der Waals surface area (Å²) in [5, 5.41) is 11.9. The van der Waals surface area contributed by atoms with Crippen LogP contribution in [0.25, 0.3) is 0 Å². The second-order valence-electron chi connectivity index (χ2n) is 7.13. The lowest BCUT2D eigenvalue weighted by molar-refractivity contribution is -0.141. The third-order valence-corrected chi connectivity index (χ3v) is 4.60. The Hall–Kier alpha value is -3.80. The van der Waals surface area contributed by atoms with Gasteiger partial charge in [0.2, 0.25) is 5.91 Å². The summed E-state index contributed by atoms with van der Waals surface area (Å²) in [4.78, 5) is 22.8. The monoisotopic (exact) mass is 419 g/mol. The van der Waals surface area contributed by atoms with Crippen molar-refractivity contribution in [3.8, 4) is 11.5 Å². The molecule has 6 nitrogen and oxygen atoms in total. The Balaban J connectivity index is 1.79. The molecule has 31 heavy (non-hydrogen) atoms. The molecular formula is C25H25NO5. The molecule has 0 spiro atoms. The molecule has 3 rings (SSSR count). The van der Waals surface area contributed by atoms with Gasteiger partial charge < -0.3 is 19.9 Å². The third-order valence-electron chi connectivity index (χ3n) is 4.60. The molecule has 0 radical (unpaired) electrons. The number of ether oxygens (including phenoxy) is 2. The van der Waals surface area contributed by atoms with E-state index in [0.29, 0.717) is 24.7 Å². The number of carboxylic acids is 1. The fourth-order valence-electron chi connectivity index (χ4n) is 3.06. The van der Waals surface area contributed by atoms with E-state index in [1.54, 1.807) is 18.2 Å². The van der Waals surface area contributed by atoms with Crippen molar-refractivity contribution in [2.75, 3.05) is 0 Å². The number of carbonyl (C=O) groups is 2. The molecule has 3 aromatic rings. The van der Waals surface area contributed by atoms with Crippen LogP contribution in [0, 0.1) is 0 Å². The van der Waals surface area contributed by atoms with E-state index in [4.69, 9.17) is 9.47 Å². The van der Waals surface area contributed by atoms with E-state index in [1.165, 1.54) is 6.92 Å². The zero-order chi connectivity index (χ0) is 22.1. The molecular weight excluding hydrogens is 394 g/mol. The lowest BCUT2D eigenvalue weighted by Gasteiger charge is -2.17. The van der Waals surface area contributed by atoms with E-state index in [0.717, 1.165) is 16.7 Å². The van der Waals surface area contributed by atoms with Crippen LogP contribution in [0.15, 0.2) is 78.9 Å². The van der Waals surface area contributed by atoms with Crippen molar-refractivity contribution >= 4 is 11.9 Å². The molecule has 2 N–H and O–H groups in total. The van der Waals surface area contributed by atoms with Crippen molar-refractivity contribution < 1.29 is 24.2 Å². The largest absolute Gasteiger partial charge is 0.485 e. The number of rotatable bonds is 10. The van der Waals surface area contributed by atoms with Gasteiger partial charge in [-0.25, -0.2) is 4.79 Å². The van der Waals surface area contributed by atoms with E-state index in [9.17, 15) is 14.7 Å². The van der Waals surface area contributed by atoms with Gasteiger partial charge in [-0.3, -0.25) is 4.79 Å². The number of nitrogens with one attached hydrogen (secondary N) is 1. The number of aliphatic carboxylic acids is 1. The quantitative estimate of drug-likeness (QED) is 0.519. The smallest absolute Gasteiger partial charge is 0.326 e. The van der Waals surface area contributed by atoms with Crippen molar-refractivity contribution in [3.63, 3.8) is 0 Å². The van der Waals surface area contributed by atoms with Crippen LogP contribution >= 0.6 is 0 Å². The highest BCUT2D eigenvalue weighted by Crippen LogP contribution is 2.30. The average Bonchev–Trinajstić information content (AvgIpc) is 2.77. The highest BCUT2D eigenvalue weighted by Gasteiger charge is 2.20. The van der Waals surface area contributed by atoms with E-state index >= 15 is 0 Å². The van der Waals surface area contributed by atoms with Crippen molar-refractivity contribution in [3.05, 3.63) is 95.6 Å². The number of amides is 1. The number of hydrogen-bond donors (Lipinski definition) is 2. The maximum Gasteiger partial charge on any atom is 0.326 e. The van der Waals surface area contributed by atoms with Gasteiger partial charge >= 0.3 is 5.97 Å². The molecule has 6 heteroatoms. The van der Waals surface area contributed by atoms with Gasteiger partial charge in [0.25, 0.3) is 0 Å². The fraction of sp³-hybridized carbons (Fsp3) is 0.200. The summed E-state index contributed by atoms with van der Waals surface area (Å²) in [7, 11) is 0. The lowest BCUT2D eigenvalue weighted by Crippen LogP contribution is -2.41. The zero-order valence-corrected chi connectivity index (χ0v) is 17.3. The summed E-state index contributed by atoms with van der Waals surface area (Å²) in [5.74, 6) is -0.402. The molecule has 3 aromatic carbocycles. The predicted octanol–water partition coefficient (Wildman–Crippen LogP) is 3.98. The van der Waals surface area contributed by atoms with E-state index < -0.39 is 17.9 Å². The number of hydrogen-bond acceptors (Lipinski definition) is 4. The lowest BCUT2D eigenvalue weighted by atomic mass is 10.1. The van der Waals surface area contributed by atoms with Gasteiger partial charge in [-0.15, -0.1) is 0 Å². The maximum atomic E-state index is 11.5. The molecule has 0 aromatic heterocycles. The van der Waals surface area contributed by atoms with Crippen molar-refractivity contribution in [1.82, 2.24) is 5.32 Å². The van der Waals surface area contributed by atoms with Gasteiger partial charge in [0.05, 0.1) is 0 Å². The van der Waals surface area contributed by atoms with Gasteiger partial charge in [-0.2, -0.15) is 0 Å². The van der Waals surface area contributed by atoms with Gasteiger partial charge in [0.1, 0.15) is 19.3 Å². The molecule has 0 saturated heterocycles. The second-order valence-corrected chi connectivity index (χ2v) is 7.13. The van der Waals surface area contributed by atoms with Crippen LogP contribution in [0.2, 0.25) is 0 Å². The topological polar surface area (TPSA) is 84.9 Å². The Kier molecular flexibility index (Phi) is 7.65. The molecule has 0 heterocycles. The molecule has 0 saturated carbocycles. The first-order valence-electron chi connectivity index (χ1n) is 9.97. The Bertz CT molecular complexity index is 1000. The standard InChI is InChI=1S/C25H25NO5/c1-18(27)26-22(25(28)29)14-21-12-13-23(30-16-19-8-4-2-5-9-19)24(15-21)31-17-20-10-6-3-7-11-20/h2-13,15,22H,14,16-17H2,1H3,(H,26,27)(H,28,29)/t22-/m0/s1. The molecule has 1 amide bonds. The van der Waals surface area contributed by atoms with Crippen LogP contribution in [0.1, 0.15) is 23.6 Å². The van der Waals surface area contributed by atoms with Crippen molar-refractivity contribution in [1.29, 1.82) is 0 Å². The fourth-order valence-corrected chi connectivity index (χ4v) is 3.06. The second kappa shape index (κ2) is 10.8. The molecule has 0 unspecified atom stereocenters.